The van der Waals surface area contributed by atoms with E-state index in [-0.39, 0.29) is 0 Å². The predicted octanol–water partition coefficient (Wildman–Crippen LogP) is -9.03. The van der Waals surface area contributed by atoms with Crippen molar-refractivity contribution in [3.8, 4) is 0 Å². The van der Waals surface area contributed by atoms with Gasteiger partial charge in [0.05, 0.1) is 25.2 Å². The van der Waals surface area contributed by atoms with Crippen molar-refractivity contribution in [1.82, 2.24) is 10.6 Å². The van der Waals surface area contributed by atoms with Gasteiger partial charge in [-0.15, -0.1) is 20.5 Å². The summed E-state index contributed by atoms with van der Waals surface area (Å²) in [6.45, 7) is 7.38. The number of halogens is 2. The highest BCUT2D eigenvalue weighted by atomic mass is 35.7. The highest BCUT2D eigenvalue weighted by molar-refractivity contribution is 4.84. The fourth-order valence-electron chi connectivity index (χ4n) is 5.32. The average molecular weight is 537 g/mol. The van der Waals surface area contributed by atoms with Gasteiger partial charge in [-0.25, -0.2) is 37.3 Å². The lowest BCUT2D eigenvalue weighted by molar-refractivity contribution is -2.00. The van der Waals surface area contributed by atoms with Crippen molar-refractivity contribution in [2.45, 2.75) is 114 Å². The Morgan fingerprint density at radius 2 is 0.824 bits per heavy atom. The van der Waals surface area contributed by atoms with Crippen molar-refractivity contribution in [2.75, 3.05) is 13.1 Å². The molecule has 0 radical (unpaired) electrons. The van der Waals surface area contributed by atoms with Gasteiger partial charge in [0.2, 0.25) is 0 Å². The smallest absolute Gasteiger partial charge is 0.101 e. The van der Waals surface area contributed by atoms with Crippen LogP contribution in [0.3, 0.4) is 0 Å². The second-order valence-corrected chi connectivity index (χ2v) is 11.1. The Labute approximate surface area is 206 Å². The molecular weight excluding hydrogens is 495 g/mol. The number of rotatable bonds is 0. The molecule has 1 heterocycles. The molecule has 12 nitrogen and oxygen atoms in total. The zero-order chi connectivity index (χ0) is 25.8. The van der Waals surface area contributed by atoms with E-state index in [1.165, 1.54) is 77.3 Å². The Bertz CT molecular complexity index is 484. The first-order chi connectivity index (χ1) is 15.7. The van der Waals surface area contributed by atoms with Gasteiger partial charge < -0.3 is 21.3 Å². The van der Waals surface area contributed by atoms with Gasteiger partial charge in [-0.05, 0) is 39.5 Å². The first-order valence-electron chi connectivity index (χ1n) is 12.1. The summed E-state index contributed by atoms with van der Waals surface area (Å²) in [6.07, 6.45) is 13.9. The van der Waals surface area contributed by atoms with E-state index in [1.54, 1.807) is 0 Å². The summed E-state index contributed by atoms with van der Waals surface area (Å²) in [7, 11) is -9.89. The minimum Gasteiger partial charge on any atom is -0.342 e. The largest absolute Gasteiger partial charge is 0.342 e. The van der Waals surface area contributed by atoms with Crippen LogP contribution in [0.1, 0.15) is 78.1 Å². The maximum atomic E-state index is 8.49. The maximum absolute atomic E-state index is 8.49. The van der Waals surface area contributed by atoms with Gasteiger partial charge in [-0.2, -0.15) is 0 Å². The molecule has 1 saturated heterocycles. The van der Waals surface area contributed by atoms with Crippen molar-refractivity contribution < 1.29 is 68.4 Å². The summed E-state index contributed by atoms with van der Waals surface area (Å²) in [5.41, 5.74) is 0. The van der Waals surface area contributed by atoms with Crippen LogP contribution in [0.15, 0.2) is 0 Å². The SMILES string of the molecule is C[C@@H]1CC[NH2+][C@H]2CCCC[C@@H]2N[C@@H](C)CC[NH2+][C@@H]2CCCC[C@H]2N1.[O-][Cl+3]([O-])([O-])[O-].[O-][Cl+3]([O-])([O-])[O-]. The summed E-state index contributed by atoms with van der Waals surface area (Å²) in [5, 5.41) is 13.3. The quantitative estimate of drug-likeness (QED) is 0.227. The zero-order valence-corrected chi connectivity index (χ0v) is 21.6. The van der Waals surface area contributed by atoms with Crippen LogP contribution in [0, 0.1) is 20.5 Å². The summed E-state index contributed by atoms with van der Waals surface area (Å²) < 4.78 is 67.9. The summed E-state index contributed by atoms with van der Waals surface area (Å²) in [4.78, 5) is 0. The van der Waals surface area contributed by atoms with E-state index >= 15 is 0 Å². The van der Waals surface area contributed by atoms with Crippen molar-refractivity contribution in [1.29, 1.82) is 0 Å². The van der Waals surface area contributed by atoms with Gasteiger partial charge in [-0.3, -0.25) is 0 Å². The summed E-state index contributed by atoms with van der Waals surface area (Å²) >= 11 is 0. The lowest BCUT2D eigenvalue weighted by Crippen LogP contribution is -2.95. The lowest BCUT2D eigenvalue weighted by atomic mass is 9.88. The molecule has 1 aliphatic heterocycles. The molecular formula is C20H42Cl2N4O8. The second-order valence-electron chi connectivity index (χ2n) is 9.63. The van der Waals surface area contributed by atoms with Crippen LogP contribution in [-0.2, 0) is 0 Å². The Hall–Kier alpha value is 0.1000. The molecule has 204 valence electrons. The topological polar surface area (TPSA) is 242 Å². The van der Waals surface area contributed by atoms with Gasteiger partial charge in [0.25, 0.3) is 0 Å². The number of hydrogen-bond acceptors (Lipinski definition) is 10. The van der Waals surface area contributed by atoms with E-state index in [9.17, 15) is 0 Å². The summed E-state index contributed by atoms with van der Waals surface area (Å²) in [5.74, 6) is 0. The van der Waals surface area contributed by atoms with E-state index in [0.717, 1.165) is 24.2 Å². The third-order valence-electron chi connectivity index (χ3n) is 6.77. The molecule has 0 aromatic carbocycles. The van der Waals surface area contributed by atoms with Crippen molar-refractivity contribution in [3.05, 3.63) is 0 Å². The standard InChI is InChI=1S/C20H40N4.2ClHO4/c1-15-11-13-21-18-8-4-6-10-20(18)24-16(2)12-14-22-17-7-3-5-9-19(17)23-15;2*2-1(3,4)5/h15-24H,3-14H2,1-2H3;2*(H,2,3,4,5)/t15-,16+,17-,18+,19-,20+;;. The zero-order valence-electron chi connectivity index (χ0n) is 20.1. The molecule has 14 heteroatoms. The van der Waals surface area contributed by atoms with Crippen molar-refractivity contribution in [2.24, 2.45) is 0 Å². The minimum absolute atomic E-state index is 0.664. The molecule has 0 bridgehead atoms. The van der Waals surface area contributed by atoms with Crippen LogP contribution >= 0.6 is 0 Å². The number of nitrogens with two attached hydrogens (primary N) is 2. The number of fused-ring (bicyclic) bond motifs is 2. The second kappa shape index (κ2) is 16.0. The van der Waals surface area contributed by atoms with Crippen LogP contribution in [0.2, 0.25) is 0 Å². The monoisotopic (exact) mass is 536 g/mol. The van der Waals surface area contributed by atoms with Gasteiger partial charge in [-0.1, -0.05) is 12.8 Å². The third kappa shape index (κ3) is 17.5. The lowest BCUT2D eigenvalue weighted by Gasteiger charge is -2.35. The number of hydrogen-bond donors (Lipinski definition) is 4. The van der Waals surface area contributed by atoms with Crippen LogP contribution in [0.5, 0.6) is 0 Å². The Morgan fingerprint density at radius 1 is 0.529 bits per heavy atom. The van der Waals surface area contributed by atoms with Gasteiger partial charge in [0, 0.05) is 37.8 Å². The van der Waals surface area contributed by atoms with E-state index < -0.39 is 20.5 Å². The molecule has 0 spiro atoms. The van der Waals surface area contributed by atoms with Gasteiger partial charge in [0.1, 0.15) is 12.1 Å². The van der Waals surface area contributed by atoms with Crippen molar-refractivity contribution in [3.63, 3.8) is 0 Å². The minimum atomic E-state index is -4.94. The molecule has 0 unspecified atom stereocenters. The highest BCUT2D eigenvalue weighted by Crippen LogP contribution is 2.18. The van der Waals surface area contributed by atoms with E-state index in [4.69, 9.17) is 37.3 Å². The van der Waals surface area contributed by atoms with E-state index in [1.807, 2.05) is 0 Å². The molecule has 3 rings (SSSR count). The van der Waals surface area contributed by atoms with Crippen LogP contribution in [-0.4, -0.2) is 49.3 Å². The number of quaternary nitrogens is 2. The van der Waals surface area contributed by atoms with Gasteiger partial charge in [0.15, 0.2) is 0 Å². The molecule has 6 atom stereocenters. The normalized spacial score (nSPS) is 34.1. The Balaban J connectivity index is 0.000000489. The van der Waals surface area contributed by atoms with Crippen molar-refractivity contribution >= 4 is 0 Å². The number of nitrogens with one attached hydrogen (secondary N) is 2. The predicted molar refractivity (Wildman–Crippen MR) is 100 cm³/mol. The molecule has 0 aromatic rings. The molecule has 0 amide bonds. The molecule has 6 N–H and O–H groups in total. The third-order valence-corrected chi connectivity index (χ3v) is 6.77. The first-order valence-corrected chi connectivity index (χ1v) is 14.6. The Morgan fingerprint density at radius 3 is 1.15 bits per heavy atom. The van der Waals surface area contributed by atoms with Crippen LogP contribution in [0.25, 0.3) is 0 Å². The molecule has 0 aromatic heterocycles. The average Bonchev–Trinajstić information content (AvgIpc) is 2.67. The molecule has 3 fully saturated rings. The molecule has 3 aliphatic rings. The fraction of sp³-hybridized carbons (Fsp3) is 1.00. The van der Waals surface area contributed by atoms with Gasteiger partial charge >= 0.3 is 0 Å². The van der Waals surface area contributed by atoms with Crippen LogP contribution in [0.4, 0.5) is 0 Å². The maximum Gasteiger partial charge on any atom is 0.101 e. The van der Waals surface area contributed by atoms with E-state index in [0.29, 0.717) is 12.1 Å². The Kier molecular flexibility index (Phi) is 15.2. The summed E-state index contributed by atoms with van der Waals surface area (Å²) in [6, 6.07) is 4.42. The fourth-order valence-corrected chi connectivity index (χ4v) is 5.32. The van der Waals surface area contributed by atoms with E-state index in [2.05, 4.69) is 35.1 Å². The first kappa shape index (κ1) is 32.1. The van der Waals surface area contributed by atoms with Crippen LogP contribution < -0.4 is 58.5 Å². The highest BCUT2D eigenvalue weighted by Gasteiger charge is 2.31. The molecule has 2 saturated carbocycles. The molecule has 2 aliphatic carbocycles. The molecule has 34 heavy (non-hydrogen) atoms.